The van der Waals surface area contributed by atoms with E-state index in [0.717, 1.165) is 28.6 Å². The van der Waals surface area contributed by atoms with Gasteiger partial charge in [-0.1, -0.05) is 42.5 Å². The number of ether oxygens (including phenoxy) is 5. The van der Waals surface area contributed by atoms with Crippen LogP contribution >= 0.6 is 0 Å². The van der Waals surface area contributed by atoms with Crippen LogP contribution in [-0.4, -0.2) is 57.8 Å². The van der Waals surface area contributed by atoms with Crippen LogP contribution in [0.2, 0.25) is 0 Å². The fourth-order valence-electron chi connectivity index (χ4n) is 2.90. The van der Waals surface area contributed by atoms with Crippen molar-refractivity contribution in [3.05, 3.63) is 84.4 Å². The highest BCUT2D eigenvalue weighted by Gasteiger charge is 1.99. The van der Waals surface area contributed by atoms with E-state index in [1.165, 1.54) is 0 Å². The normalized spacial score (nSPS) is 10.2. The largest absolute Gasteiger partial charge is 0.493 e. The lowest BCUT2D eigenvalue weighted by atomic mass is 10.2. The van der Waals surface area contributed by atoms with Crippen molar-refractivity contribution in [3.8, 4) is 23.0 Å². The molecule has 0 saturated heterocycles. The third-order valence-corrected chi connectivity index (χ3v) is 4.56. The summed E-state index contributed by atoms with van der Waals surface area (Å²) in [5, 5.41) is 8.60. The fourth-order valence-corrected chi connectivity index (χ4v) is 2.90. The molecule has 0 heterocycles. The van der Waals surface area contributed by atoms with Gasteiger partial charge in [0.1, 0.15) is 42.8 Å². The molecule has 0 aliphatic heterocycles. The number of benzene rings is 3. The second-order valence-corrected chi connectivity index (χ2v) is 7.54. The highest BCUT2D eigenvalue weighted by atomic mass is 16.5. The highest BCUT2D eigenvalue weighted by Crippen LogP contribution is 2.20. The van der Waals surface area contributed by atoms with Crippen molar-refractivity contribution < 1.29 is 28.8 Å². The quantitative estimate of drug-likeness (QED) is 0.257. The summed E-state index contributed by atoms with van der Waals surface area (Å²) in [5.74, 6) is 3.04. The Hall–Kier alpha value is -3.30. The molecule has 0 amide bonds. The number of aliphatic hydroxyl groups excluding tert-OH is 1. The smallest absolute Gasteiger partial charge is 0.123 e. The number of hydrogen-bond acceptors (Lipinski definition) is 8. The van der Waals surface area contributed by atoms with Crippen molar-refractivity contribution in [1.29, 1.82) is 0 Å². The van der Waals surface area contributed by atoms with Gasteiger partial charge < -0.3 is 40.3 Å². The third-order valence-electron chi connectivity index (χ3n) is 4.56. The van der Waals surface area contributed by atoms with Gasteiger partial charge in [-0.25, -0.2) is 0 Å². The SMILES string of the molecule is NCCOc1cccc(OCCCO)c1.NCCOc1cccc(OCCOCc2ccccc2)c1. The van der Waals surface area contributed by atoms with E-state index in [4.69, 9.17) is 40.3 Å². The molecule has 3 aromatic carbocycles. The van der Waals surface area contributed by atoms with Gasteiger partial charge in [-0.05, 0) is 29.8 Å². The van der Waals surface area contributed by atoms with Gasteiger partial charge in [0, 0.05) is 38.2 Å². The van der Waals surface area contributed by atoms with Crippen LogP contribution in [0.25, 0.3) is 0 Å². The van der Waals surface area contributed by atoms with Crippen molar-refractivity contribution >= 4 is 0 Å². The molecular weight excluding hydrogens is 460 g/mol. The molecule has 8 nitrogen and oxygen atoms in total. The minimum absolute atomic E-state index is 0.142. The average molecular weight is 499 g/mol. The Morgan fingerprint density at radius 3 is 1.56 bits per heavy atom. The van der Waals surface area contributed by atoms with Crippen LogP contribution < -0.4 is 30.4 Å². The number of rotatable bonds is 16. The molecular formula is C28H38N2O6. The van der Waals surface area contributed by atoms with Gasteiger partial charge in [0.2, 0.25) is 0 Å². The van der Waals surface area contributed by atoms with Crippen LogP contribution in [0.15, 0.2) is 78.9 Å². The maximum absolute atomic E-state index is 8.60. The molecule has 196 valence electrons. The van der Waals surface area contributed by atoms with E-state index >= 15 is 0 Å². The summed E-state index contributed by atoms with van der Waals surface area (Å²) in [7, 11) is 0. The van der Waals surface area contributed by atoms with Crippen LogP contribution in [0.1, 0.15) is 12.0 Å². The molecule has 0 radical (unpaired) electrons. The molecule has 0 aromatic heterocycles. The topological polar surface area (TPSA) is 118 Å². The molecule has 3 aromatic rings. The minimum atomic E-state index is 0.142. The summed E-state index contributed by atoms with van der Waals surface area (Å²) in [6.07, 6.45) is 0.633. The fraction of sp³-hybridized carbons (Fsp3) is 0.357. The summed E-state index contributed by atoms with van der Waals surface area (Å²) in [4.78, 5) is 0. The lowest BCUT2D eigenvalue weighted by Crippen LogP contribution is -2.10. The molecule has 0 fully saturated rings. The molecule has 0 aliphatic carbocycles. The summed E-state index contributed by atoms with van der Waals surface area (Å²) >= 11 is 0. The second-order valence-electron chi connectivity index (χ2n) is 7.54. The predicted molar refractivity (Wildman–Crippen MR) is 141 cm³/mol. The zero-order valence-electron chi connectivity index (χ0n) is 20.7. The molecule has 0 atom stereocenters. The second kappa shape index (κ2) is 19.0. The molecule has 0 spiro atoms. The molecule has 3 rings (SSSR count). The van der Waals surface area contributed by atoms with Crippen molar-refractivity contribution in [1.82, 2.24) is 0 Å². The van der Waals surface area contributed by atoms with E-state index in [1.807, 2.05) is 78.9 Å². The van der Waals surface area contributed by atoms with Crippen LogP contribution in [-0.2, 0) is 11.3 Å². The Bertz CT molecular complexity index is 942. The Morgan fingerprint density at radius 1 is 0.556 bits per heavy atom. The van der Waals surface area contributed by atoms with E-state index < -0.39 is 0 Å². The molecule has 8 heteroatoms. The molecule has 0 aliphatic rings. The molecule has 5 N–H and O–H groups in total. The standard InChI is InChI=1S/C17H21NO3.C11H17NO3/c18-9-10-20-16-7-4-8-17(13-16)21-12-11-19-14-15-5-2-1-3-6-15;12-5-8-15-11-4-1-3-10(9-11)14-7-2-6-13/h1-8,13H,9-12,14,18H2;1,3-4,9,13H,2,5-8,12H2. The summed E-state index contributed by atoms with van der Waals surface area (Å²) in [6, 6.07) is 25.0. The van der Waals surface area contributed by atoms with E-state index in [0.29, 0.717) is 59.2 Å². The van der Waals surface area contributed by atoms with Gasteiger partial charge >= 0.3 is 0 Å². The van der Waals surface area contributed by atoms with Gasteiger partial charge in [-0.3, -0.25) is 0 Å². The number of hydrogen-bond donors (Lipinski definition) is 3. The lowest BCUT2D eigenvalue weighted by Gasteiger charge is -2.09. The number of aliphatic hydroxyl groups is 1. The Labute approximate surface area is 213 Å². The van der Waals surface area contributed by atoms with E-state index in [2.05, 4.69) is 0 Å². The Kier molecular flexibility index (Phi) is 15.2. The monoisotopic (exact) mass is 498 g/mol. The first-order valence-electron chi connectivity index (χ1n) is 12.1. The zero-order valence-corrected chi connectivity index (χ0v) is 20.7. The first kappa shape index (κ1) is 28.9. The molecule has 36 heavy (non-hydrogen) atoms. The first-order valence-corrected chi connectivity index (χ1v) is 12.1. The maximum Gasteiger partial charge on any atom is 0.123 e. The lowest BCUT2D eigenvalue weighted by molar-refractivity contribution is 0.0888. The maximum atomic E-state index is 8.60. The average Bonchev–Trinajstić information content (AvgIpc) is 2.92. The zero-order chi connectivity index (χ0) is 25.7. The van der Waals surface area contributed by atoms with Crippen LogP contribution in [0.4, 0.5) is 0 Å². The van der Waals surface area contributed by atoms with Crippen molar-refractivity contribution in [2.24, 2.45) is 11.5 Å². The van der Waals surface area contributed by atoms with Gasteiger partial charge in [0.05, 0.1) is 19.8 Å². The van der Waals surface area contributed by atoms with E-state index in [-0.39, 0.29) is 6.61 Å². The van der Waals surface area contributed by atoms with Gasteiger partial charge in [0.15, 0.2) is 0 Å². The highest BCUT2D eigenvalue weighted by molar-refractivity contribution is 5.33. The third kappa shape index (κ3) is 13.0. The number of nitrogens with two attached hydrogens (primary N) is 2. The van der Waals surface area contributed by atoms with Crippen LogP contribution in [0, 0.1) is 0 Å². The summed E-state index contributed by atoms with van der Waals surface area (Å²) < 4.78 is 27.4. The predicted octanol–water partition coefficient (Wildman–Crippen LogP) is 3.41. The summed E-state index contributed by atoms with van der Waals surface area (Å²) in [6.45, 7) is 4.30. The van der Waals surface area contributed by atoms with Gasteiger partial charge in [0.25, 0.3) is 0 Å². The van der Waals surface area contributed by atoms with Gasteiger partial charge in [-0.2, -0.15) is 0 Å². The van der Waals surface area contributed by atoms with Crippen molar-refractivity contribution in [3.63, 3.8) is 0 Å². The van der Waals surface area contributed by atoms with Gasteiger partial charge in [-0.15, -0.1) is 0 Å². The van der Waals surface area contributed by atoms with Crippen LogP contribution in [0.3, 0.4) is 0 Å². The Morgan fingerprint density at radius 2 is 1.06 bits per heavy atom. The first-order chi connectivity index (χ1) is 17.7. The van der Waals surface area contributed by atoms with E-state index in [9.17, 15) is 0 Å². The van der Waals surface area contributed by atoms with Crippen molar-refractivity contribution in [2.45, 2.75) is 13.0 Å². The van der Waals surface area contributed by atoms with Crippen molar-refractivity contribution in [2.75, 3.05) is 52.7 Å². The minimum Gasteiger partial charge on any atom is -0.493 e. The van der Waals surface area contributed by atoms with E-state index in [1.54, 1.807) is 0 Å². The molecule has 0 unspecified atom stereocenters. The Balaban J connectivity index is 0.000000269. The van der Waals surface area contributed by atoms with Crippen LogP contribution in [0.5, 0.6) is 23.0 Å². The summed E-state index contributed by atoms with van der Waals surface area (Å²) in [5.41, 5.74) is 11.9. The molecule has 0 saturated carbocycles. The molecule has 0 bridgehead atoms.